The van der Waals surface area contributed by atoms with Crippen molar-refractivity contribution in [3.05, 3.63) is 22.7 Å². The molecule has 1 aromatic rings. The lowest BCUT2D eigenvalue weighted by molar-refractivity contribution is -0.139. The third-order valence-electron chi connectivity index (χ3n) is 2.72. The Kier molecular flexibility index (Phi) is 5.56. The summed E-state index contributed by atoms with van der Waals surface area (Å²) in [6.45, 7) is 3.50. The van der Waals surface area contributed by atoms with Crippen LogP contribution < -0.4 is 10.1 Å². The summed E-state index contributed by atoms with van der Waals surface area (Å²) < 4.78 is 5.83. The molecule has 0 saturated heterocycles. The van der Waals surface area contributed by atoms with Crippen LogP contribution in [-0.2, 0) is 9.59 Å². The summed E-state index contributed by atoms with van der Waals surface area (Å²) >= 11 is 3.34. The van der Waals surface area contributed by atoms with E-state index in [1.165, 1.54) is 0 Å². The standard InChI is InChI=1S/C14H18BrNO4/c1-14(2,8-13(18)19)7-12(17)16-11-6-9(20-3)4-5-10(11)15/h4-6H,7-8H2,1-3H3,(H,16,17)(H,18,19). The van der Waals surface area contributed by atoms with Crippen molar-refractivity contribution in [1.29, 1.82) is 0 Å². The summed E-state index contributed by atoms with van der Waals surface area (Å²) in [7, 11) is 1.55. The average Bonchev–Trinajstić information content (AvgIpc) is 2.29. The Hall–Kier alpha value is -1.56. The molecule has 110 valence electrons. The Bertz CT molecular complexity index is 514. The number of hydrogen-bond donors (Lipinski definition) is 2. The maximum atomic E-state index is 12.0. The second-order valence-electron chi connectivity index (χ2n) is 5.31. The van der Waals surface area contributed by atoms with Crippen molar-refractivity contribution in [2.45, 2.75) is 26.7 Å². The number of methoxy groups -OCH3 is 1. The SMILES string of the molecule is COc1ccc(Br)c(NC(=O)CC(C)(C)CC(=O)O)c1. The molecule has 0 aromatic heterocycles. The number of benzene rings is 1. The molecule has 0 heterocycles. The molecule has 0 saturated carbocycles. The van der Waals surface area contributed by atoms with Gasteiger partial charge in [-0.15, -0.1) is 0 Å². The highest BCUT2D eigenvalue weighted by Crippen LogP contribution is 2.29. The summed E-state index contributed by atoms with van der Waals surface area (Å²) in [5.74, 6) is -0.510. The van der Waals surface area contributed by atoms with Gasteiger partial charge in [-0.05, 0) is 33.5 Å². The second-order valence-corrected chi connectivity index (χ2v) is 6.16. The summed E-state index contributed by atoms with van der Waals surface area (Å²) in [6.07, 6.45) is 0.0721. The average molecular weight is 344 g/mol. The normalized spacial score (nSPS) is 11.0. The van der Waals surface area contributed by atoms with E-state index in [1.54, 1.807) is 39.2 Å². The maximum absolute atomic E-state index is 12.0. The van der Waals surface area contributed by atoms with Crippen LogP contribution in [0.15, 0.2) is 22.7 Å². The number of carboxylic acids is 1. The molecule has 1 amide bonds. The maximum Gasteiger partial charge on any atom is 0.303 e. The van der Waals surface area contributed by atoms with Gasteiger partial charge in [0, 0.05) is 17.0 Å². The zero-order valence-electron chi connectivity index (χ0n) is 11.7. The Morgan fingerprint density at radius 1 is 1.35 bits per heavy atom. The fourth-order valence-corrected chi connectivity index (χ4v) is 2.17. The monoisotopic (exact) mass is 343 g/mol. The lowest BCUT2D eigenvalue weighted by Gasteiger charge is -2.21. The molecule has 6 heteroatoms. The number of amides is 1. The number of hydrogen-bond acceptors (Lipinski definition) is 3. The van der Waals surface area contributed by atoms with Gasteiger partial charge in [0.25, 0.3) is 0 Å². The second kappa shape index (κ2) is 6.74. The van der Waals surface area contributed by atoms with E-state index in [2.05, 4.69) is 21.2 Å². The molecule has 1 aromatic carbocycles. The summed E-state index contributed by atoms with van der Waals surface area (Å²) in [5.41, 5.74) is 0.00169. The minimum Gasteiger partial charge on any atom is -0.497 e. The van der Waals surface area contributed by atoms with Crippen LogP contribution in [0.3, 0.4) is 0 Å². The molecule has 0 radical (unpaired) electrons. The summed E-state index contributed by atoms with van der Waals surface area (Å²) in [6, 6.07) is 5.25. The summed E-state index contributed by atoms with van der Waals surface area (Å²) in [5, 5.41) is 11.6. The van der Waals surface area contributed by atoms with Crippen molar-refractivity contribution >= 4 is 33.5 Å². The first-order chi connectivity index (χ1) is 9.23. The molecular formula is C14H18BrNO4. The Labute approximate surface area is 126 Å². The number of nitrogens with one attached hydrogen (secondary N) is 1. The molecule has 0 aliphatic carbocycles. The van der Waals surface area contributed by atoms with E-state index in [0.29, 0.717) is 11.4 Å². The van der Waals surface area contributed by atoms with Crippen LogP contribution in [0.4, 0.5) is 5.69 Å². The minimum absolute atomic E-state index is 0.0559. The van der Waals surface area contributed by atoms with Crippen molar-refractivity contribution in [3.8, 4) is 5.75 Å². The predicted molar refractivity (Wildman–Crippen MR) is 80.0 cm³/mol. The molecule has 0 atom stereocenters. The number of carbonyl (C=O) groups is 2. The largest absolute Gasteiger partial charge is 0.497 e. The number of aliphatic carboxylic acids is 1. The van der Waals surface area contributed by atoms with E-state index < -0.39 is 11.4 Å². The van der Waals surface area contributed by atoms with E-state index in [-0.39, 0.29) is 18.7 Å². The van der Waals surface area contributed by atoms with Crippen LogP contribution in [-0.4, -0.2) is 24.1 Å². The first-order valence-electron chi connectivity index (χ1n) is 6.09. The van der Waals surface area contributed by atoms with Crippen LogP contribution in [0, 0.1) is 5.41 Å². The van der Waals surface area contributed by atoms with Gasteiger partial charge >= 0.3 is 5.97 Å². The molecule has 20 heavy (non-hydrogen) atoms. The van der Waals surface area contributed by atoms with E-state index >= 15 is 0 Å². The highest BCUT2D eigenvalue weighted by Gasteiger charge is 2.25. The van der Waals surface area contributed by atoms with Gasteiger partial charge in [0.1, 0.15) is 5.75 Å². The Morgan fingerprint density at radius 2 is 2.00 bits per heavy atom. The number of anilines is 1. The van der Waals surface area contributed by atoms with Crippen LogP contribution in [0.1, 0.15) is 26.7 Å². The number of carbonyl (C=O) groups excluding carboxylic acids is 1. The topological polar surface area (TPSA) is 75.6 Å². The molecule has 0 fully saturated rings. The van der Waals surface area contributed by atoms with E-state index in [1.807, 2.05) is 0 Å². The van der Waals surface area contributed by atoms with E-state index in [4.69, 9.17) is 9.84 Å². The molecule has 0 aliphatic heterocycles. The van der Waals surface area contributed by atoms with Crippen LogP contribution >= 0.6 is 15.9 Å². The van der Waals surface area contributed by atoms with Crippen LogP contribution in [0.5, 0.6) is 5.75 Å². The Balaban J connectivity index is 2.73. The first kappa shape index (κ1) is 16.5. The molecule has 5 nitrogen and oxygen atoms in total. The first-order valence-corrected chi connectivity index (χ1v) is 6.88. The number of halogens is 1. The lowest BCUT2D eigenvalue weighted by Crippen LogP contribution is -2.24. The van der Waals surface area contributed by atoms with Crippen molar-refractivity contribution < 1.29 is 19.4 Å². The number of rotatable bonds is 6. The fraction of sp³-hybridized carbons (Fsp3) is 0.429. The van der Waals surface area contributed by atoms with Crippen LogP contribution in [0.2, 0.25) is 0 Å². The van der Waals surface area contributed by atoms with Gasteiger partial charge in [-0.25, -0.2) is 0 Å². The molecule has 0 unspecified atom stereocenters. The third-order valence-corrected chi connectivity index (χ3v) is 3.41. The fourth-order valence-electron chi connectivity index (χ4n) is 1.83. The smallest absolute Gasteiger partial charge is 0.303 e. The number of ether oxygens (including phenoxy) is 1. The predicted octanol–water partition coefficient (Wildman–Crippen LogP) is 3.29. The zero-order valence-corrected chi connectivity index (χ0v) is 13.3. The van der Waals surface area contributed by atoms with Crippen molar-refractivity contribution in [3.63, 3.8) is 0 Å². The zero-order chi connectivity index (χ0) is 15.3. The molecule has 0 spiro atoms. The summed E-state index contributed by atoms with van der Waals surface area (Å²) in [4.78, 5) is 22.7. The van der Waals surface area contributed by atoms with Gasteiger partial charge in [-0.2, -0.15) is 0 Å². The molecule has 0 aliphatic rings. The Morgan fingerprint density at radius 3 is 2.55 bits per heavy atom. The van der Waals surface area contributed by atoms with Gasteiger partial charge in [-0.1, -0.05) is 13.8 Å². The van der Waals surface area contributed by atoms with Gasteiger partial charge in [-0.3, -0.25) is 9.59 Å². The molecule has 1 rings (SSSR count). The van der Waals surface area contributed by atoms with Crippen molar-refractivity contribution in [2.75, 3.05) is 12.4 Å². The lowest BCUT2D eigenvalue weighted by atomic mass is 9.85. The minimum atomic E-state index is -0.912. The van der Waals surface area contributed by atoms with Gasteiger partial charge < -0.3 is 15.2 Å². The molecule has 2 N–H and O–H groups in total. The van der Waals surface area contributed by atoms with Crippen LogP contribution in [0.25, 0.3) is 0 Å². The highest BCUT2D eigenvalue weighted by molar-refractivity contribution is 9.10. The van der Waals surface area contributed by atoms with E-state index in [0.717, 1.165) is 4.47 Å². The highest BCUT2D eigenvalue weighted by atomic mass is 79.9. The van der Waals surface area contributed by atoms with Crippen molar-refractivity contribution in [1.82, 2.24) is 0 Å². The quantitative estimate of drug-likeness (QED) is 0.830. The van der Waals surface area contributed by atoms with Crippen molar-refractivity contribution in [2.24, 2.45) is 5.41 Å². The van der Waals surface area contributed by atoms with Gasteiger partial charge in [0.15, 0.2) is 0 Å². The molecule has 0 bridgehead atoms. The van der Waals surface area contributed by atoms with Gasteiger partial charge in [0.05, 0.1) is 19.2 Å². The number of carboxylic acid groups (broad SMARTS) is 1. The van der Waals surface area contributed by atoms with E-state index in [9.17, 15) is 9.59 Å². The molecular weight excluding hydrogens is 326 g/mol. The third kappa shape index (κ3) is 5.21. The van der Waals surface area contributed by atoms with Gasteiger partial charge in [0.2, 0.25) is 5.91 Å².